The van der Waals surface area contributed by atoms with Crippen LogP contribution in [0.2, 0.25) is 0 Å². The van der Waals surface area contributed by atoms with Crippen LogP contribution >= 0.6 is 0 Å². The van der Waals surface area contributed by atoms with Crippen LogP contribution in [0.25, 0.3) is 0 Å². The Kier molecular flexibility index (Phi) is 5.35. The largest absolute Gasteiger partial charge is 0.354 e. The topological polar surface area (TPSA) is 57.3 Å². The highest BCUT2D eigenvalue weighted by Crippen LogP contribution is 2.16. The summed E-state index contributed by atoms with van der Waals surface area (Å²) in [5, 5.41) is 6.33. The van der Waals surface area contributed by atoms with Crippen molar-refractivity contribution in [3.63, 3.8) is 0 Å². The summed E-state index contributed by atoms with van der Waals surface area (Å²) in [6.07, 6.45) is 3.60. The summed E-state index contributed by atoms with van der Waals surface area (Å²) in [7, 11) is 0. The van der Waals surface area contributed by atoms with Gasteiger partial charge in [-0.1, -0.05) is 13.0 Å². The molecule has 2 heterocycles. The molecule has 0 spiro atoms. The number of rotatable bonds is 5. The minimum absolute atomic E-state index is 0.126. The van der Waals surface area contributed by atoms with Gasteiger partial charge in [0.1, 0.15) is 5.82 Å². The first-order valence-corrected chi connectivity index (χ1v) is 7.41. The van der Waals surface area contributed by atoms with Gasteiger partial charge in [0, 0.05) is 38.3 Å². The molecule has 1 aromatic heterocycles. The molecule has 1 atom stereocenters. The molecule has 5 heteroatoms. The molecular weight excluding hydrogens is 252 g/mol. The van der Waals surface area contributed by atoms with E-state index in [1.165, 1.54) is 5.56 Å². The first-order chi connectivity index (χ1) is 9.70. The molecule has 0 aliphatic carbocycles. The van der Waals surface area contributed by atoms with E-state index in [9.17, 15) is 4.79 Å². The van der Waals surface area contributed by atoms with Crippen molar-refractivity contribution < 1.29 is 4.79 Å². The molecule has 1 aliphatic rings. The molecule has 110 valence electrons. The number of aromatic nitrogens is 1. The summed E-state index contributed by atoms with van der Waals surface area (Å²) >= 11 is 0. The van der Waals surface area contributed by atoms with Gasteiger partial charge < -0.3 is 15.5 Å². The third-order valence-corrected chi connectivity index (χ3v) is 3.61. The van der Waals surface area contributed by atoms with Gasteiger partial charge in [-0.05, 0) is 31.5 Å². The molecule has 5 nitrogen and oxygen atoms in total. The van der Waals surface area contributed by atoms with E-state index in [1.807, 2.05) is 6.20 Å². The smallest absolute Gasteiger partial charge is 0.221 e. The van der Waals surface area contributed by atoms with Crippen LogP contribution in [0.1, 0.15) is 38.3 Å². The van der Waals surface area contributed by atoms with Crippen molar-refractivity contribution in [1.82, 2.24) is 15.6 Å². The van der Waals surface area contributed by atoms with Crippen molar-refractivity contribution >= 4 is 11.7 Å². The Labute approximate surface area is 120 Å². The van der Waals surface area contributed by atoms with Gasteiger partial charge in [0.05, 0.1) is 0 Å². The second-order valence-corrected chi connectivity index (χ2v) is 5.21. The summed E-state index contributed by atoms with van der Waals surface area (Å²) in [5.41, 5.74) is 1.20. The molecule has 0 aromatic carbocycles. The second-order valence-electron chi connectivity index (χ2n) is 5.21. The summed E-state index contributed by atoms with van der Waals surface area (Å²) < 4.78 is 0. The van der Waals surface area contributed by atoms with Gasteiger partial charge in [0.2, 0.25) is 5.91 Å². The van der Waals surface area contributed by atoms with Crippen molar-refractivity contribution in [2.75, 3.05) is 31.1 Å². The van der Waals surface area contributed by atoms with Crippen molar-refractivity contribution in [2.24, 2.45) is 0 Å². The number of anilines is 1. The SMILES string of the molecule is CCCNC(C)c1ccc(N2CCNC(=O)CC2)nc1. The maximum absolute atomic E-state index is 11.3. The Morgan fingerprint density at radius 2 is 2.30 bits per heavy atom. The van der Waals surface area contributed by atoms with Gasteiger partial charge in [0.15, 0.2) is 0 Å². The zero-order valence-electron chi connectivity index (χ0n) is 12.4. The summed E-state index contributed by atoms with van der Waals surface area (Å²) in [6.45, 7) is 7.58. The summed E-state index contributed by atoms with van der Waals surface area (Å²) in [4.78, 5) is 18.0. The standard InChI is InChI=1S/C15H24N4O/c1-3-7-16-12(2)13-4-5-14(18-11-13)19-9-6-15(20)17-8-10-19/h4-5,11-12,16H,3,6-10H2,1-2H3,(H,17,20). The van der Waals surface area contributed by atoms with E-state index in [4.69, 9.17) is 0 Å². The molecule has 0 radical (unpaired) electrons. The third kappa shape index (κ3) is 3.93. The Hall–Kier alpha value is -1.62. The van der Waals surface area contributed by atoms with Crippen LogP contribution in [0.4, 0.5) is 5.82 Å². The molecule has 2 N–H and O–H groups in total. The Morgan fingerprint density at radius 3 is 3.00 bits per heavy atom. The van der Waals surface area contributed by atoms with Crippen molar-refractivity contribution in [1.29, 1.82) is 0 Å². The van der Waals surface area contributed by atoms with Crippen molar-refractivity contribution in [3.8, 4) is 0 Å². The number of carbonyl (C=O) groups excluding carboxylic acids is 1. The van der Waals surface area contributed by atoms with Gasteiger partial charge in [0.25, 0.3) is 0 Å². The van der Waals surface area contributed by atoms with Crippen LogP contribution in [-0.2, 0) is 4.79 Å². The predicted molar refractivity (Wildman–Crippen MR) is 80.8 cm³/mol. The molecule has 1 aromatic rings. The number of hydrogen-bond donors (Lipinski definition) is 2. The van der Waals surface area contributed by atoms with Crippen LogP contribution in [0.5, 0.6) is 0 Å². The fourth-order valence-electron chi connectivity index (χ4n) is 2.32. The average molecular weight is 276 g/mol. The van der Waals surface area contributed by atoms with E-state index >= 15 is 0 Å². The Morgan fingerprint density at radius 1 is 1.45 bits per heavy atom. The molecule has 0 saturated carbocycles. The Balaban J connectivity index is 1.98. The van der Waals surface area contributed by atoms with E-state index in [0.29, 0.717) is 19.0 Å². The van der Waals surface area contributed by atoms with Crippen LogP contribution in [0, 0.1) is 0 Å². The first kappa shape index (κ1) is 14.8. The summed E-state index contributed by atoms with van der Waals surface area (Å²) in [5.74, 6) is 1.08. The number of amides is 1. The Bertz CT molecular complexity index is 432. The molecule has 1 fully saturated rings. The van der Waals surface area contributed by atoms with Crippen LogP contribution in [0.15, 0.2) is 18.3 Å². The molecule has 1 amide bonds. The van der Waals surface area contributed by atoms with E-state index < -0.39 is 0 Å². The number of nitrogens with one attached hydrogen (secondary N) is 2. The van der Waals surface area contributed by atoms with Gasteiger partial charge in [-0.3, -0.25) is 4.79 Å². The van der Waals surface area contributed by atoms with E-state index in [-0.39, 0.29) is 5.91 Å². The fraction of sp³-hybridized carbons (Fsp3) is 0.600. The lowest BCUT2D eigenvalue weighted by Gasteiger charge is -2.21. The highest BCUT2D eigenvalue weighted by Gasteiger charge is 2.15. The number of hydrogen-bond acceptors (Lipinski definition) is 4. The molecule has 2 rings (SSSR count). The van der Waals surface area contributed by atoms with Crippen molar-refractivity contribution in [2.45, 2.75) is 32.7 Å². The van der Waals surface area contributed by atoms with Gasteiger partial charge in [-0.2, -0.15) is 0 Å². The first-order valence-electron chi connectivity index (χ1n) is 7.41. The molecule has 0 bridgehead atoms. The predicted octanol–water partition coefficient (Wildman–Crippen LogP) is 1.47. The fourth-order valence-corrected chi connectivity index (χ4v) is 2.32. The molecular formula is C15H24N4O. The number of pyridine rings is 1. The third-order valence-electron chi connectivity index (χ3n) is 3.61. The van der Waals surface area contributed by atoms with Crippen molar-refractivity contribution in [3.05, 3.63) is 23.9 Å². The normalized spacial score (nSPS) is 17.5. The quantitative estimate of drug-likeness (QED) is 0.855. The van der Waals surface area contributed by atoms with Crippen LogP contribution in [0.3, 0.4) is 0 Å². The summed E-state index contributed by atoms with van der Waals surface area (Å²) in [6, 6.07) is 4.49. The second kappa shape index (κ2) is 7.24. The van der Waals surface area contributed by atoms with E-state index in [0.717, 1.165) is 31.9 Å². The van der Waals surface area contributed by atoms with Gasteiger partial charge >= 0.3 is 0 Å². The van der Waals surface area contributed by atoms with Crippen LogP contribution in [-0.4, -0.2) is 37.1 Å². The molecule has 1 saturated heterocycles. The lowest BCUT2D eigenvalue weighted by Crippen LogP contribution is -2.29. The average Bonchev–Trinajstić information content (AvgIpc) is 2.70. The molecule has 1 unspecified atom stereocenters. The minimum Gasteiger partial charge on any atom is -0.354 e. The minimum atomic E-state index is 0.126. The van der Waals surface area contributed by atoms with Gasteiger partial charge in [-0.15, -0.1) is 0 Å². The maximum atomic E-state index is 11.3. The maximum Gasteiger partial charge on any atom is 0.221 e. The zero-order valence-corrected chi connectivity index (χ0v) is 12.4. The lowest BCUT2D eigenvalue weighted by molar-refractivity contribution is -0.120. The van der Waals surface area contributed by atoms with Crippen LogP contribution < -0.4 is 15.5 Å². The molecule has 1 aliphatic heterocycles. The molecule has 20 heavy (non-hydrogen) atoms. The number of nitrogens with zero attached hydrogens (tertiary/aromatic N) is 2. The van der Waals surface area contributed by atoms with E-state index in [1.54, 1.807) is 0 Å². The van der Waals surface area contributed by atoms with Gasteiger partial charge in [-0.25, -0.2) is 4.98 Å². The van der Waals surface area contributed by atoms with E-state index in [2.05, 4.69) is 46.5 Å². The lowest BCUT2D eigenvalue weighted by atomic mass is 10.1. The highest BCUT2D eigenvalue weighted by atomic mass is 16.1. The zero-order chi connectivity index (χ0) is 14.4. The number of carbonyl (C=O) groups is 1. The monoisotopic (exact) mass is 276 g/mol. The highest BCUT2D eigenvalue weighted by molar-refractivity contribution is 5.77.